The van der Waals surface area contributed by atoms with Crippen molar-refractivity contribution in [3.05, 3.63) is 125 Å². The Morgan fingerprint density at radius 3 is 2.65 bits per heavy atom. The van der Waals surface area contributed by atoms with Crippen molar-refractivity contribution in [3.8, 4) is 0 Å². The second-order valence-corrected chi connectivity index (χ2v) is 18.5. The second-order valence-electron chi connectivity index (χ2n) is 17.4. The first-order valence-electron chi connectivity index (χ1n) is 20.9. The summed E-state index contributed by atoms with van der Waals surface area (Å²) in [6.07, 6.45) is 49.9. The number of ether oxygens (including phenoxy) is 1. The third-order valence-corrected chi connectivity index (χ3v) is 16.2. The highest BCUT2D eigenvalue weighted by Gasteiger charge is 2.55. The Morgan fingerprint density at radius 1 is 0.788 bits per heavy atom. The van der Waals surface area contributed by atoms with Crippen molar-refractivity contribution in [2.45, 2.75) is 113 Å². The number of benzene rings is 1. The van der Waals surface area contributed by atoms with Crippen molar-refractivity contribution in [2.75, 3.05) is 0 Å². The van der Waals surface area contributed by atoms with Crippen LogP contribution in [0.25, 0.3) is 16.2 Å². The Bertz CT molecular complexity index is 1950. The van der Waals surface area contributed by atoms with Crippen LogP contribution in [0.2, 0.25) is 0 Å². The van der Waals surface area contributed by atoms with E-state index in [1.807, 2.05) is 11.3 Å². The molecule has 3 heterocycles. The van der Waals surface area contributed by atoms with E-state index in [9.17, 15) is 0 Å². The van der Waals surface area contributed by atoms with Gasteiger partial charge >= 0.3 is 0 Å². The van der Waals surface area contributed by atoms with Gasteiger partial charge in [-0.05, 0) is 118 Å². The Labute approximate surface area is 314 Å². The van der Waals surface area contributed by atoms with E-state index >= 15 is 0 Å². The fourth-order valence-corrected chi connectivity index (χ4v) is 13.9. The van der Waals surface area contributed by atoms with E-state index in [0.717, 1.165) is 55.8 Å². The molecule has 1 aromatic heterocycles. The first-order valence-corrected chi connectivity index (χ1v) is 21.7. The summed E-state index contributed by atoms with van der Waals surface area (Å²) in [6, 6.07) is 11.5. The van der Waals surface area contributed by atoms with Crippen LogP contribution in [0.4, 0.5) is 0 Å². The van der Waals surface area contributed by atoms with Gasteiger partial charge in [-0.2, -0.15) is 0 Å². The summed E-state index contributed by atoms with van der Waals surface area (Å²) in [5.41, 5.74) is 4.68. The van der Waals surface area contributed by atoms with Gasteiger partial charge in [-0.1, -0.05) is 97.2 Å². The largest absolute Gasteiger partial charge is 0.370 e. The lowest BCUT2D eigenvalue weighted by Gasteiger charge is -2.48. The van der Waals surface area contributed by atoms with Gasteiger partial charge in [-0.3, -0.25) is 4.90 Å². The molecular formula is C48H54N2OS. The zero-order valence-corrected chi connectivity index (χ0v) is 31.3. The summed E-state index contributed by atoms with van der Waals surface area (Å²) < 4.78 is 8.30. The average Bonchev–Trinajstić information content (AvgIpc) is 3.88. The lowest BCUT2D eigenvalue weighted by molar-refractivity contribution is 0.0434. The lowest BCUT2D eigenvalue weighted by Crippen LogP contribution is -2.49. The van der Waals surface area contributed by atoms with Gasteiger partial charge in [0.15, 0.2) is 0 Å². The van der Waals surface area contributed by atoms with E-state index < -0.39 is 0 Å². The summed E-state index contributed by atoms with van der Waals surface area (Å²) in [7, 11) is 0. The number of aryl methyl sites for hydroxylation is 1. The molecule has 9 aliphatic rings. The topological polar surface area (TPSA) is 15.7 Å². The third-order valence-electron chi connectivity index (χ3n) is 14.9. The molecule has 52 heavy (non-hydrogen) atoms. The number of thiophene rings is 1. The number of allylic oxidation sites excluding steroid dienone is 9. The number of nitrogens with zero attached hydrogens (tertiary/aromatic N) is 2. The van der Waals surface area contributed by atoms with Crippen molar-refractivity contribution >= 4 is 27.5 Å². The number of rotatable bonds is 5. The minimum absolute atomic E-state index is 0.217. The summed E-state index contributed by atoms with van der Waals surface area (Å²) in [5, 5.41) is 1.45. The zero-order valence-electron chi connectivity index (χ0n) is 30.5. The molecule has 7 aliphatic carbocycles. The Balaban J connectivity index is 0.978. The minimum Gasteiger partial charge on any atom is -0.370 e. The lowest BCUT2D eigenvalue weighted by atomic mass is 9.67. The molecule has 11 rings (SSSR count). The van der Waals surface area contributed by atoms with Crippen LogP contribution in [0.1, 0.15) is 81.1 Å². The molecule has 0 radical (unpaired) electrons. The van der Waals surface area contributed by atoms with Crippen LogP contribution in [-0.4, -0.2) is 46.2 Å². The number of likely N-dealkylation sites (tertiary alicyclic amines) is 1. The van der Waals surface area contributed by atoms with Gasteiger partial charge < -0.3 is 9.64 Å². The molecule has 4 heteroatoms. The molecule has 2 aromatic rings. The SMILES string of the molecule is C1=CCC(N2C3C=CC(C4CC=CCC4)CC3C3CC(N(C4=Cc5c(sc6ccccc56)CC4)C4=CCCC5OC6C=CC=CC6C45)CCC32)C=C1. The van der Waals surface area contributed by atoms with Crippen molar-refractivity contribution in [1.29, 1.82) is 0 Å². The summed E-state index contributed by atoms with van der Waals surface area (Å²) in [6.45, 7) is 0. The summed E-state index contributed by atoms with van der Waals surface area (Å²) in [5.74, 6) is 3.92. The van der Waals surface area contributed by atoms with Gasteiger partial charge in [0.25, 0.3) is 0 Å². The molecule has 0 amide bonds. The summed E-state index contributed by atoms with van der Waals surface area (Å²) in [4.78, 5) is 7.59. The van der Waals surface area contributed by atoms with Gasteiger partial charge in [0.2, 0.25) is 0 Å². The molecule has 2 saturated heterocycles. The maximum Gasteiger partial charge on any atom is 0.0833 e. The molecular weight excluding hydrogens is 653 g/mol. The fourth-order valence-electron chi connectivity index (χ4n) is 12.7. The van der Waals surface area contributed by atoms with Crippen molar-refractivity contribution in [2.24, 2.45) is 35.5 Å². The average molecular weight is 707 g/mol. The molecule has 3 nitrogen and oxygen atoms in total. The number of hydrogen-bond acceptors (Lipinski definition) is 4. The van der Waals surface area contributed by atoms with Gasteiger partial charge in [-0.25, -0.2) is 0 Å². The Morgan fingerprint density at radius 2 is 1.73 bits per heavy atom. The maximum atomic E-state index is 6.86. The van der Waals surface area contributed by atoms with Crippen LogP contribution in [0.5, 0.6) is 0 Å². The predicted molar refractivity (Wildman–Crippen MR) is 216 cm³/mol. The highest BCUT2D eigenvalue weighted by atomic mass is 32.1. The molecule has 3 fully saturated rings. The van der Waals surface area contributed by atoms with Crippen LogP contribution in [0.15, 0.2) is 115 Å². The Hall–Kier alpha value is -3.18. The monoisotopic (exact) mass is 706 g/mol. The van der Waals surface area contributed by atoms with Crippen molar-refractivity contribution in [3.63, 3.8) is 0 Å². The predicted octanol–water partition coefficient (Wildman–Crippen LogP) is 10.9. The molecule has 0 N–H and O–H groups in total. The van der Waals surface area contributed by atoms with Gasteiger partial charge in [-0.15, -0.1) is 11.3 Å². The van der Waals surface area contributed by atoms with Crippen LogP contribution in [-0.2, 0) is 11.2 Å². The molecule has 0 spiro atoms. The molecule has 268 valence electrons. The smallest absolute Gasteiger partial charge is 0.0833 e. The first kappa shape index (κ1) is 32.3. The fraction of sp³-hybridized carbons (Fsp3) is 0.500. The Kier molecular flexibility index (Phi) is 8.25. The van der Waals surface area contributed by atoms with Gasteiger partial charge in [0.05, 0.1) is 12.2 Å². The second kappa shape index (κ2) is 13.3. The van der Waals surface area contributed by atoms with E-state index in [1.54, 1.807) is 16.3 Å². The van der Waals surface area contributed by atoms with E-state index in [0.29, 0.717) is 42.1 Å². The van der Waals surface area contributed by atoms with Crippen molar-refractivity contribution in [1.82, 2.24) is 9.80 Å². The van der Waals surface area contributed by atoms with E-state index in [4.69, 9.17) is 4.74 Å². The van der Waals surface area contributed by atoms with Crippen LogP contribution in [0, 0.1) is 35.5 Å². The third kappa shape index (κ3) is 5.33. The molecule has 1 aromatic carbocycles. The molecule has 12 atom stereocenters. The highest BCUT2D eigenvalue weighted by molar-refractivity contribution is 7.19. The van der Waals surface area contributed by atoms with E-state index in [-0.39, 0.29) is 6.10 Å². The standard InChI is InChI=1S/C48H54N2OS/c1-3-12-31(13-4-1)32-22-25-41-38(28-32)39-29-34(23-26-42(39)50(41)33-14-5-2-6-15-33)49(35-24-27-47-40(30-35)36-16-8-10-21-46(36)52-47)43-18-11-20-45-48(43)37-17-7-9-19-44(37)51-45/h1-3,5-10,14,16-19,21-22,25,30-34,37-39,41-42,44-45,48H,4,11-13,15,20,23-24,26-29H2. The molecule has 12 unspecified atom stereocenters. The van der Waals surface area contributed by atoms with Gasteiger partial charge in [0, 0.05) is 62.4 Å². The quantitative estimate of drug-likeness (QED) is 0.288. The molecule has 1 saturated carbocycles. The van der Waals surface area contributed by atoms with Gasteiger partial charge in [0.1, 0.15) is 0 Å². The minimum atomic E-state index is 0.217. The molecule has 0 bridgehead atoms. The number of fused-ring (bicyclic) bond motifs is 9. The summed E-state index contributed by atoms with van der Waals surface area (Å²) >= 11 is 2.02. The highest BCUT2D eigenvalue weighted by Crippen LogP contribution is 2.55. The number of hydrogen-bond donors (Lipinski definition) is 0. The first-order chi connectivity index (χ1) is 25.8. The molecule has 2 aliphatic heterocycles. The van der Waals surface area contributed by atoms with Crippen LogP contribution >= 0.6 is 11.3 Å². The van der Waals surface area contributed by atoms with E-state index in [2.05, 4.69) is 119 Å². The van der Waals surface area contributed by atoms with Crippen LogP contribution in [0.3, 0.4) is 0 Å². The van der Waals surface area contributed by atoms with Crippen LogP contribution < -0.4 is 0 Å². The normalized spacial score (nSPS) is 40.2. The van der Waals surface area contributed by atoms with Crippen molar-refractivity contribution < 1.29 is 4.74 Å². The zero-order chi connectivity index (χ0) is 34.2. The van der Waals surface area contributed by atoms with E-state index in [1.165, 1.54) is 60.6 Å². The maximum absolute atomic E-state index is 6.86.